The van der Waals surface area contributed by atoms with Gasteiger partial charge in [0.05, 0.1) is 6.20 Å². The molecule has 33 heavy (non-hydrogen) atoms. The van der Waals surface area contributed by atoms with Crippen LogP contribution in [0.4, 0.5) is 13.2 Å². The monoisotopic (exact) mass is 462 g/mol. The van der Waals surface area contributed by atoms with Crippen LogP contribution in [-0.2, 0) is 19.0 Å². The minimum atomic E-state index is -1.61. The van der Waals surface area contributed by atoms with Crippen molar-refractivity contribution in [2.75, 3.05) is 0 Å². The first kappa shape index (κ1) is 21.5. The number of amides is 1. The highest BCUT2D eigenvalue weighted by molar-refractivity contribution is 5.79. The molecular formula is C21H17F3N4O5. The molecule has 0 bridgehead atoms. The van der Waals surface area contributed by atoms with E-state index in [1.54, 1.807) is 24.3 Å². The highest BCUT2D eigenvalue weighted by atomic mass is 19.2. The largest absolute Gasteiger partial charge is 0.387 e. The van der Waals surface area contributed by atoms with Crippen LogP contribution in [0, 0.1) is 17.5 Å². The van der Waals surface area contributed by atoms with Crippen LogP contribution in [0.25, 0.3) is 11.3 Å². The molecule has 0 spiro atoms. The van der Waals surface area contributed by atoms with Crippen LogP contribution < -0.4 is 5.73 Å². The van der Waals surface area contributed by atoms with Crippen molar-refractivity contribution in [3.8, 4) is 11.3 Å². The summed E-state index contributed by atoms with van der Waals surface area (Å²) < 4.78 is 59.1. The third-order valence-electron chi connectivity index (χ3n) is 5.53. The van der Waals surface area contributed by atoms with E-state index in [1.165, 1.54) is 10.9 Å². The van der Waals surface area contributed by atoms with Gasteiger partial charge in [-0.25, -0.2) is 17.9 Å². The number of nitrogens with two attached hydrogens (primary N) is 1. The zero-order valence-electron chi connectivity index (χ0n) is 16.7. The molecule has 0 radical (unpaired) electrons. The van der Waals surface area contributed by atoms with Crippen molar-refractivity contribution in [3.05, 3.63) is 71.7 Å². The average molecular weight is 462 g/mol. The number of ether oxygens (including phenoxy) is 3. The first-order chi connectivity index (χ1) is 15.8. The Morgan fingerprint density at radius 2 is 1.76 bits per heavy atom. The third kappa shape index (κ3) is 3.76. The smallest absolute Gasteiger partial charge is 0.249 e. The average Bonchev–Trinajstić information content (AvgIpc) is 3.44. The molecule has 2 aromatic carbocycles. The summed E-state index contributed by atoms with van der Waals surface area (Å²) in [5.74, 6) is -5.32. The molecule has 172 valence electrons. The molecule has 3 N–H and O–H groups in total. The minimum Gasteiger partial charge on any atom is -0.387 e. The number of hydrogen-bond acceptors (Lipinski definition) is 7. The van der Waals surface area contributed by atoms with Gasteiger partial charge < -0.3 is 25.1 Å². The number of fused-ring (bicyclic) bond motifs is 1. The van der Waals surface area contributed by atoms with E-state index < -0.39 is 60.3 Å². The Labute approximate surface area is 184 Å². The third-order valence-corrected chi connectivity index (χ3v) is 5.53. The van der Waals surface area contributed by atoms with Gasteiger partial charge in [0.1, 0.15) is 23.9 Å². The number of aliphatic hydroxyl groups is 1. The Morgan fingerprint density at radius 3 is 2.42 bits per heavy atom. The zero-order valence-corrected chi connectivity index (χ0v) is 16.7. The van der Waals surface area contributed by atoms with Gasteiger partial charge in [0.15, 0.2) is 36.1 Å². The molecule has 1 amide bonds. The van der Waals surface area contributed by atoms with E-state index in [0.717, 1.165) is 12.1 Å². The second kappa shape index (κ2) is 8.23. The zero-order chi connectivity index (χ0) is 23.3. The molecule has 12 heteroatoms. The van der Waals surface area contributed by atoms with Gasteiger partial charge in [-0.05, 0) is 12.1 Å². The molecule has 1 aromatic heterocycles. The molecule has 0 aliphatic carbocycles. The molecule has 2 saturated heterocycles. The van der Waals surface area contributed by atoms with E-state index in [9.17, 15) is 23.1 Å². The minimum absolute atomic E-state index is 0.00260. The molecule has 2 aliphatic heterocycles. The van der Waals surface area contributed by atoms with Gasteiger partial charge in [-0.15, -0.1) is 5.10 Å². The molecule has 2 fully saturated rings. The number of nitrogens with zero attached hydrogens (tertiary/aromatic N) is 3. The number of rotatable bonds is 4. The van der Waals surface area contributed by atoms with Crippen LogP contribution in [0.15, 0.2) is 48.7 Å². The second-order valence-corrected chi connectivity index (χ2v) is 7.63. The number of hydrogen-bond donors (Lipinski definition) is 2. The molecule has 6 atom stereocenters. The van der Waals surface area contributed by atoms with Gasteiger partial charge >= 0.3 is 0 Å². The maximum atomic E-state index is 13.7. The molecule has 3 aromatic rings. The fraction of sp³-hybridized carbons (Fsp3) is 0.286. The summed E-state index contributed by atoms with van der Waals surface area (Å²) in [6, 6.07) is 9.41. The van der Waals surface area contributed by atoms with Crippen LogP contribution in [-0.4, -0.2) is 50.6 Å². The van der Waals surface area contributed by atoms with E-state index >= 15 is 0 Å². The van der Waals surface area contributed by atoms with Crippen molar-refractivity contribution in [2.24, 2.45) is 5.73 Å². The topological polar surface area (TPSA) is 122 Å². The maximum absolute atomic E-state index is 13.7. The molecule has 9 nitrogen and oxygen atoms in total. The molecule has 3 heterocycles. The van der Waals surface area contributed by atoms with Gasteiger partial charge in [-0.1, -0.05) is 35.5 Å². The van der Waals surface area contributed by atoms with Crippen LogP contribution >= 0.6 is 0 Å². The van der Waals surface area contributed by atoms with Gasteiger partial charge in [-0.2, -0.15) is 0 Å². The highest BCUT2D eigenvalue weighted by Crippen LogP contribution is 2.42. The fourth-order valence-electron chi connectivity index (χ4n) is 3.96. The summed E-state index contributed by atoms with van der Waals surface area (Å²) in [6.45, 7) is 0. The Kier molecular flexibility index (Phi) is 5.37. The van der Waals surface area contributed by atoms with E-state index in [4.69, 9.17) is 19.9 Å². The first-order valence-electron chi connectivity index (χ1n) is 9.89. The summed E-state index contributed by atoms with van der Waals surface area (Å²) in [7, 11) is 0. The lowest BCUT2D eigenvalue weighted by atomic mass is 9.95. The van der Waals surface area contributed by atoms with Crippen molar-refractivity contribution in [1.82, 2.24) is 15.0 Å². The van der Waals surface area contributed by atoms with Crippen molar-refractivity contribution in [1.29, 1.82) is 0 Å². The van der Waals surface area contributed by atoms with Gasteiger partial charge in [-0.3, -0.25) is 4.79 Å². The normalized spacial score (nSPS) is 29.1. The van der Waals surface area contributed by atoms with E-state index in [2.05, 4.69) is 10.3 Å². The maximum Gasteiger partial charge on any atom is 0.249 e. The van der Waals surface area contributed by atoms with E-state index in [0.29, 0.717) is 5.56 Å². The number of halogens is 3. The number of benzene rings is 2. The van der Waals surface area contributed by atoms with Crippen LogP contribution in [0.3, 0.4) is 0 Å². The van der Waals surface area contributed by atoms with Crippen LogP contribution in [0.1, 0.15) is 17.9 Å². The first-order valence-corrected chi connectivity index (χ1v) is 9.89. The quantitative estimate of drug-likeness (QED) is 0.565. The predicted molar refractivity (Wildman–Crippen MR) is 103 cm³/mol. The molecule has 5 rings (SSSR count). The molecular weight excluding hydrogens is 445 g/mol. The summed E-state index contributed by atoms with van der Waals surface area (Å²) in [5.41, 5.74) is 5.98. The lowest BCUT2D eigenvalue weighted by Gasteiger charge is -2.38. The SMILES string of the molecule is NC(=O)C1OC2OC(c3ccccc3)OC2C(n2cc(-c3cc(F)c(F)c(F)c3)nn2)C1O. The summed E-state index contributed by atoms with van der Waals surface area (Å²) in [6.07, 6.45) is -4.53. The number of carbonyl (C=O) groups is 1. The number of carbonyl (C=O) groups excluding carboxylic acids is 1. The Hall–Kier alpha value is -3.32. The Balaban J connectivity index is 1.50. The highest BCUT2D eigenvalue weighted by Gasteiger charge is 2.55. The van der Waals surface area contributed by atoms with Crippen LogP contribution in [0.5, 0.6) is 0 Å². The summed E-state index contributed by atoms with van der Waals surface area (Å²) in [4.78, 5) is 11.9. The molecule has 2 aliphatic rings. The fourth-order valence-corrected chi connectivity index (χ4v) is 3.96. The van der Waals surface area contributed by atoms with Crippen molar-refractivity contribution in [3.63, 3.8) is 0 Å². The lowest BCUT2D eigenvalue weighted by molar-refractivity contribution is -0.227. The van der Waals surface area contributed by atoms with Gasteiger partial charge in [0.2, 0.25) is 5.91 Å². The number of aliphatic hydroxyl groups excluding tert-OH is 1. The lowest BCUT2D eigenvalue weighted by Crippen LogP contribution is -2.57. The molecule has 0 saturated carbocycles. The van der Waals surface area contributed by atoms with Gasteiger partial charge in [0.25, 0.3) is 0 Å². The number of aromatic nitrogens is 3. The summed E-state index contributed by atoms with van der Waals surface area (Å²) in [5, 5.41) is 18.6. The standard InChI is InChI=1S/C21H17F3N4O5/c22-11-6-10(7-12(23)14(11)24)13-8-28(27-26-13)15-16(29)18(19(25)30)32-21-17(15)31-20(33-21)9-4-2-1-3-5-9/h1-8,15-18,20-21,29H,(H2,25,30). The summed E-state index contributed by atoms with van der Waals surface area (Å²) >= 11 is 0. The Bertz CT molecular complexity index is 1170. The van der Waals surface area contributed by atoms with Crippen molar-refractivity contribution in [2.45, 2.75) is 36.9 Å². The Morgan fingerprint density at radius 1 is 1.06 bits per heavy atom. The van der Waals surface area contributed by atoms with E-state index in [1.807, 2.05) is 6.07 Å². The van der Waals surface area contributed by atoms with Crippen molar-refractivity contribution < 1.29 is 37.3 Å². The van der Waals surface area contributed by atoms with E-state index in [-0.39, 0.29) is 11.3 Å². The second-order valence-electron chi connectivity index (χ2n) is 7.63. The molecule has 6 unspecified atom stereocenters. The number of primary amides is 1. The van der Waals surface area contributed by atoms with Crippen molar-refractivity contribution >= 4 is 5.91 Å². The predicted octanol–water partition coefficient (Wildman–Crippen LogP) is 1.59. The van der Waals surface area contributed by atoms with Gasteiger partial charge in [0, 0.05) is 11.1 Å². The van der Waals surface area contributed by atoms with Crippen LogP contribution in [0.2, 0.25) is 0 Å².